The van der Waals surface area contributed by atoms with Crippen LogP contribution in [0.15, 0.2) is 59.5 Å². The molecule has 1 aromatic heterocycles. The maximum absolute atomic E-state index is 13.9. The van der Waals surface area contributed by atoms with Gasteiger partial charge in [0.1, 0.15) is 17.2 Å². The number of aromatic hydroxyl groups is 1. The molecule has 0 unspecified atom stereocenters. The van der Waals surface area contributed by atoms with E-state index in [4.69, 9.17) is 4.74 Å². The average Bonchev–Trinajstić information content (AvgIpc) is 3.23. The molecule has 2 aromatic carbocycles. The summed E-state index contributed by atoms with van der Waals surface area (Å²) >= 11 is 0. The lowest BCUT2D eigenvalue weighted by Gasteiger charge is -2.34. The van der Waals surface area contributed by atoms with Gasteiger partial charge in [0.15, 0.2) is 17.7 Å². The Morgan fingerprint density at radius 1 is 1.14 bits per heavy atom. The fourth-order valence-corrected chi connectivity index (χ4v) is 4.50. The van der Waals surface area contributed by atoms with Gasteiger partial charge >= 0.3 is 0 Å². The number of aromatic nitrogens is 1. The number of carbonyl (C=O) groups excluding carboxylic acids is 2. The van der Waals surface area contributed by atoms with Gasteiger partial charge in [-0.25, -0.2) is 8.78 Å². The molecule has 2 aliphatic rings. The fourth-order valence-electron chi connectivity index (χ4n) is 4.50. The highest BCUT2D eigenvalue weighted by atomic mass is 19.1. The van der Waals surface area contributed by atoms with Crippen molar-refractivity contribution in [1.29, 1.82) is 0 Å². The molecule has 2 aliphatic heterocycles. The third-order valence-electron chi connectivity index (χ3n) is 6.24. The van der Waals surface area contributed by atoms with Crippen LogP contribution in [0.3, 0.4) is 0 Å². The first-order valence-corrected chi connectivity index (χ1v) is 11.0. The molecular weight excluding hydrogens is 460 g/mol. The van der Waals surface area contributed by atoms with Crippen LogP contribution in [0.4, 0.5) is 8.78 Å². The van der Waals surface area contributed by atoms with Gasteiger partial charge in [0.2, 0.25) is 5.43 Å². The summed E-state index contributed by atoms with van der Waals surface area (Å²) in [5.41, 5.74) is -0.590. The van der Waals surface area contributed by atoms with Crippen molar-refractivity contribution in [2.45, 2.75) is 31.8 Å². The molecule has 0 bridgehead atoms. The molecule has 35 heavy (non-hydrogen) atoms. The minimum atomic E-state index is -1.01. The van der Waals surface area contributed by atoms with Gasteiger partial charge < -0.3 is 24.6 Å². The monoisotopic (exact) mass is 481 g/mol. The van der Waals surface area contributed by atoms with Crippen molar-refractivity contribution < 1.29 is 28.2 Å². The molecule has 8 nitrogen and oxygen atoms in total. The Kier molecular flexibility index (Phi) is 5.81. The predicted octanol–water partition coefficient (Wildman–Crippen LogP) is 2.19. The number of fused-ring (bicyclic) bond motifs is 2. The van der Waals surface area contributed by atoms with E-state index in [2.05, 4.69) is 5.32 Å². The smallest absolute Gasteiger partial charge is 0.276 e. The molecule has 0 radical (unpaired) electrons. The average molecular weight is 481 g/mol. The number of ether oxygens (including phenoxy) is 1. The molecule has 2 amide bonds. The van der Waals surface area contributed by atoms with Gasteiger partial charge in [-0.3, -0.25) is 14.4 Å². The van der Waals surface area contributed by atoms with Crippen LogP contribution >= 0.6 is 0 Å². The van der Waals surface area contributed by atoms with E-state index in [-0.39, 0.29) is 30.4 Å². The Morgan fingerprint density at radius 3 is 2.66 bits per heavy atom. The number of halogens is 2. The first kappa shape index (κ1) is 22.7. The minimum Gasteiger partial charge on any atom is -0.503 e. The van der Waals surface area contributed by atoms with Crippen molar-refractivity contribution >= 4 is 11.8 Å². The molecule has 3 heterocycles. The van der Waals surface area contributed by atoms with E-state index in [9.17, 15) is 28.3 Å². The van der Waals surface area contributed by atoms with Gasteiger partial charge in [-0.1, -0.05) is 36.4 Å². The highest BCUT2D eigenvalue weighted by Crippen LogP contribution is 2.31. The number of amides is 2. The zero-order valence-corrected chi connectivity index (χ0v) is 18.4. The molecule has 10 heteroatoms. The van der Waals surface area contributed by atoms with Crippen LogP contribution in [-0.4, -0.2) is 45.3 Å². The number of carbonyl (C=O) groups is 2. The molecule has 2 N–H and O–H groups in total. The van der Waals surface area contributed by atoms with E-state index in [1.165, 1.54) is 21.7 Å². The SMILES string of the molecule is O=C(NCc1ccc(F)cc1F)c1cn2c(c(O)c1=O)C(=O)N1[C@H](Cc3ccccc3)CO[C@H]1C2. The van der Waals surface area contributed by atoms with Gasteiger partial charge in [-0.2, -0.15) is 0 Å². The molecule has 1 fully saturated rings. The molecule has 3 aromatic rings. The zero-order valence-electron chi connectivity index (χ0n) is 18.4. The standard InChI is InChI=1S/C25H21F2N3O5/c26-16-7-6-15(19(27)9-16)10-28-24(33)18-11-29-12-20-30(25(34)21(29)23(32)22(18)31)17(13-35-20)8-14-4-2-1-3-5-14/h1-7,9,11,17,20,32H,8,10,12-13H2,(H,28,33)/t17-,20+/m1/s1. The maximum Gasteiger partial charge on any atom is 0.276 e. The molecule has 0 aliphatic carbocycles. The topological polar surface area (TPSA) is 101 Å². The molecule has 2 atom stereocenters. The first-order valence-electron chi connectivity index (χ1n) is 11.0. The van der Waals surface area contributed by atoms with Crippen LogP contribution in [-0.2, 0) is 24.2 Å². The van der Waals surface area contributed by atoms with Crippen LogP contribution in [0.2, 0.25) is 0 Å². The van der Waals surface area contributed by atoms with E-state index in [0.717, 1.165) is 11.6 Å². The summed E-state index contributed by atoms with van der Waals surface area (Å²) in [7, 11) is 0. The van der Waals surface area contributed by atoms with Gasteiger partial charge in [0, 0.05) is 24.4 Å². The number of rotatable bonds is 5. The summed E-state index contributed by atoms with van der Waals surface area (Å²) < 4.78 is 34.1. The van der Waals surface area contributed by atoms with Crippen LogP contribution < -0.4 is 10.7 Å². The maximum atomic E-state index is 13.9. The zero-order chi connectivity index (χ0) is 24.7. The van der Waals surface area contributed by atoms with Gasteiger partial charge in [0.25, 0.3) is 11.8 Å². The lowest BCUT2D eigenvalue weighted by molar-refractivity contribution is 0.00575. The van der Waals surface area contributed by atoms with Crippen molar-refractivity contribution in [3.63, 3.8) is 0 Å². The lowest BCUT2D eigenvalue weighted by atomic mass is 10.0. The minimum absolute atomic E-state index is 0.0247. The van der Waals surface area contributed by atoms with Crippen molar-refractivity contribution in [1.82, 2.24) is 14.8 Å². The third-order valence-corrected chi connectivity index (χ3v) is 6.24. The van der Waals surface area contributed by atoms with Crippen molar-refractivity contribution in [3.05, 3.63) is 99.0 Å². The predicted molar refractivity (Wildman–Crippen MR) is 120 cm³/mol. The van der Waals surface area contributed by atoms with Crippen LogP contribution in [0.25, 0.3) is 0 Å². The normalized spacial score (nSPS) is 18.8. The summed E-state index contributed by atoms with van der Waals surface area (Å²) in [5, 5.41) is 13.0. The number of hydrogen-bond acceptors (Lipinski definition) is 5. The summed E-state index contributed by atoms with van der Waals surface area (Å²) in [4.78, 5) is 40.2. The first-order chi connectivity index (χ1) is 16.8. The highest BCUT2D eigenvalue weighted by molar-refractivity contribution is 5.99. The molecular formula is C25H21F2N3O5. The van der Waals surface area contributed by atoms with Crippen LogP contribution in [0.5, 0.6) is 5.75 Å². The Balaban J connectivity index is 1.39. The third kappa shape index (κ3) is 4.17. The molecule has 1 saturated heterocycles. The van der Waals surface area contributed by atoms with E-state index in [0.29, 0.717) is 19.1 Å². The Bertz CT molecular complexity index is 1380. The van der Waals surface area contributed by atoms with Crippen molar-refractivity contribution in [2.24, 2.45) is 0 Å². The van der Waals surface area contributed by atoms with Crippen molar-refractivity contribution in [2.75, 3.05) is 6.61 Å². The Morgan fingerprint density at radius 2 is 1.91 bits per heavy atom. The summed E-state index contributed by atoms with van der Waals surface area (Å²) in [6, 6.07) is 12.2. The number of pyridine rings is 1. The lowest BCUT2D eigenvalue weighted by Crippen LogP contribution is -2.50. The molecule has 0 saturated carbocycles. The second-order valence-corrected chi connectivity index (χ2v) is 8.48. The van der Waals surface area contributed by atoms with E-state index in [1.807, 2.05) is 30.3 Å². The molecule has 180 valence electrons. The Labute approximate surface area is 198 Å². The quantitative estimate of drug-likeness (QED) is 0.582. The largest absolute Gasteiger partial charge is 0.503 e. The van der Waals surface area contributed by atoms with Gasteiger partial charge in [0.05, 0.1) is 19.2 Å². The van der Waals surface area contributed by atoms with E-state index >= 15 is 0 Å². The fraction of sp³-hybridized carbons (Fsp3) is 0.240. The number of hydrogen-bond donors (Lipinski definition) is 2. The van der Waals surface area contributed by atoms with Gasteiger partial charge in [-0.15, -0.1) is 0 Å². The van der Waals surface area contributed by atoms with E-state index < -0.39 is 46.4 Å². The summed E-state index contributed by atoms with van der Waals surface area (Å²) in [6.45, 7) is 0.112. The number of nitrogens with one attached hydrogen (secondary N) is 1. The van der Waals surface area contributed by atoms with Crippen LogP contribution in [0.1, 0.15) is 32.0 Å². The van der Waals surface area contributed by atoms with Crippen molar-refractivity contribution in [3.8, 4) is 5.75 Å². The summed E-state index contributed by atoms with van der Waals surface area (Å²) in [5.74, 6) is -3.86. The molecule has 0 spiro atoms. The highest BCUT2D eigenvalue weighted by Gasteiger charge is 2.44. The van der Waals surface area contributed by atoms with Gasteiger partial charge in [-0.05, 0) is 18.1 Å². The summed E-state index contributed by atoms with van der Waals surface area (Å²) in [6.07, 6.45) is 1.13. The second kappa shape index (κ2) is 8.95. The molecule has 5 rings (SSSR count). The number of benzene rings is 2. The second-order valence-electron chi connectivity index (χ2n) is 8.48. The van der Waals surface area contributed by atoms with Crippen LogP contribution in [0, 0.1) is 11.6 Å². The van der Waals surface area contributed by atoms with E-state index in [1.54, 1.807) is 0 Å². The Hall–Kier alpha value is -4.05. The number of nitrogens with zero attached hydrogens (tertiary/aromatic N) is 2.